The fourth-order valence-corrected chi connectivity index (χ4v) is 3.64. The molecule has 0 saturated carbocycles. The van der Waals surface area contributed by atoms with Crippen molar-refractivity contribution in [2.45, 2.75) is 37.6 Å². The van der Waals surface area contributed by atoms with Crippen LogP contribution in [0.4, 0.5) is 0 Å². The van der Waals surface area contributed by atoms with Gasteiger partial charge in [0.05, 0.1) is 71.0 Å². The van der Waals surface area contributed by atoms with Crippen LogP contribution in [0.3, 0.4) is 0 Å². The predicted molar refractivity (Wildman–Crippen MR) is 117 cm³/mol. The number of hydrogen-bond donors (Lipinski definition) is 3. The Morgan fingerprint density at radius 2 is 1.59 bits per heavy atom. The second-order valence-corrected chi connectivity index (χ2v) is 7.93. The highest BCUT2D eigenvalue weighted by molar-refractivity contribution is 5.72. The topological polar surface area (TPSA) is 163 Å². The van der Waals surface area contributed by atoms with E-state index < -0.39 is 49.6 Å². The number of rotatable bonds is 19. The van der Waals surface area contributed by atoms with Crippen LogP contribution in [-0.2, 0) is 42.7 Å². The smallest absolute Gasteiger partial charge is 0.317 e. The van der Waals surface area contributed by atoms with Gasteiger partial charge in [0.25, 0.3) is 0 Å². The van der Waals surface area contributed by atoms with E-state index in [2.05, 4.69) is 0 Å². The number of carboxylic acid groups (broad SMARTS) is 2. The van der Waals surface area contributed by atoms with Gasteiger partial charge < -0.3 is 48.5 Å². The SMILES string of the molecule is COCCOCCO[C@@H]1C(OC)[C@@H](OC)OC(COCC(O)CN(CC(=O)O)CC(=O)O)[C@H]1C. The number of carbonyl (C=O) groups is 2. The number of hydrogen-bond acceptors (Lipinski definition) is 11. The summed E-state index contributed by atoms with van der Waals surface area (Å²) in [5, 5.41) is 28.0. The lowest BCUT2D eigenvalue weighted by molar-refractivity contribution is -0.295. The fraction of sp³-hybridized carbons (Fsp3) is 0.905. The summed E-state index contributed by atoms with van der Waals surface area (Å²) in [6.45, 7) is 2.41. The summed E-state index contributed by atoms with van der Waals surface area (Å²) in [7, 11) is 4.64. The standard InChI is InChI=1S/C21H39NO12/c1-14-16(13-32-12-15(23)9-22(10-17(24)25)11-18(26)27)34-21(30-4)20(29-3)19(14)33-8-7-31-6-5-28-2/h14-16,19-21,23H,5-13H2,1-4H3,(H,24,25)(H,26,27)/t14-,15?,16?,19+,20?,21+/m1/s1. The first-order valence-corrected chi connectivity index (χ1v) is 11.0. The Hall–Kier alpha value is -1.42. The number of aliphatic carboxylic acids is 2. The van der Waals surface area contributed by atoms with Crippen molar-refractivity contribution in [2.75, 3.05) is 80.6 Å². The molecule has 0 bridgehead atoms. The van der Waals surface area contributed by atoms with E-state index in [4.69, 9.17) is 43.4 Å². The Morgan fingerprint density at radius 1 is 0.941 bits per heavy atom. The molecule has 0 spiro atoms. The predicted octanol–water partition coefficient (Wildman–Crippen LogP) is -1.09. The molecule has 0 aromatic rings. The number of ether oxygens (including phenoxy) is 7. The molecule has 1 rings (SSSR count). The van der Waals surface area contributed by atoms with Crippen LogP contribution in [0.1, 0.15) is 6.92 Å². The third-order valence-electron chi connectivity index (χ3n) is 5.26. The van der Waals surface area contributed by atoms with Gasteiger partial charge in [0.1, 0.15) is 6.10 Å². The molecule has 0 aliphatic carbocycles. The van der Waals surface area contributed by atoms with Crippen molar-refractivity contribution in [3.63, 3.8) is 0 Å². The van der Waals surface area contributed by atoms with Crippen molar-refractivity contribution >= 4 is 11.9 Å². The molecule has 13 nitrogen and oxygen atoms in total. The summed E-state index contributed by atoms with van der Waals surface area (Å²) >= 11 is 0. The van der Waals surface area contributed by atoms with Crippen LogP contribution in [0.2, 0.25) is 0 Å². The molecule has 200 valence electrons. The number of nitrogens with zero attached hydrogens (tertiary/aromatic N) is 1. The minimum absolute atomic E-state index is 0.108. The molecule has 34 heavy (non-hydrogen) atoms. The quantitative estimate of drug-likeness (QED) is 0.185. The van der Waals surface area contributed by atoms with Gasteiger partial charge in [-0.2, -0.15) is 0 Å². The zero-order valence-electron chi connectivity index (χ0n) is 20.3. The van der Waals surface area contributed by atoms with Crippen molar-refractivity contribution in [2.24, 2.45) is 5.92 Å². The number of carboxylic acids is 2. The molecule has 1 saturated heterocycles. The van der Waals surface area contributed by atoms with Gasteiger partial charge in [-0.3, -0.25) is 14.5 Å². The van der Waals surface area contributed by atoms with Crippen LogP contribution < -0.4 is 0 Å². The van der Waals surface area contributed by atoms with Crippen LogP contribution in [0.5, 0.6) is 0 Å². The van der Waals surface area contributed by atoms with Gasteiger partial charge in [0.15, 0.2) is 6.29 Å². The van der Waals surface area contributed by atoms with Crippen molar-refractivity contribution in [1.29, 1.82) is 0 Å². The minimum Gasteiger partial charge on any atom is -0.480 e. The molecule has 3 unspecified atom stereocenters. The molecule has 13 heteroatoms. The lowest BCUT2D eigenvalue weighted by Crippen LogP contribution is -2.57. The van der Waals surface area contributed by atoms with Crippen molar-refractivity contribution in [1.82, 2.24) is 4.90 Å². The summed E-state index contributed by atoms with van der Waals surface area (Å²) in [6.07, 6.45) is -3.05. The number of aliphatic hydroxyl groups excluding tert-OH is 1. The summed E-state index contributed by atoms with van der Waals surface area (Å²) in [6, 6.07) is 0. The molecule has 0 aromatic heterocycles. The van der Waals surface area contributed by atoms with E-state index >= 15 is 0 Å². The van der Waals surface area contributed by atoms with Gasteiger partial charge in [0.2, 0.25) is 0 Å². The van der Waals surface area contributed by atoms with E-state index in [1.54, 1.807) is 14.2 Å². The van der Waals surface area contributed by atoms with E-state index in [9.17, 15) is 14.7 Å². The maximum absolute atomic E-state index is 10.9. The normalized spacial score (nSPS) is 26.0. The highest BCUT2D eigenvalue weighted by atomic mass is 16.7. The van der Waals surface area contributed by atoms with Crippen LogP contribution in [-0.4, -0.2) is 143 Å². The van der Waals surface area contributed by atoms with Crippen LogP contribution in [0.25, 0.3) is 0 Å². The van der Waals surface area contributed by atoms with Crippen LogP contribution >= 0.6 is 0 Å². The van der Waals surface area contributed by atoms with Gasteiger partial charge in [-0.1, -0.05) is 6.92 Å². The van der Waals surface area contributed by atoms with E-state index in [1.807, 2.05) is 6.92 Å². The number of methoxy groups -OCH3 is 3. The largest absolute Gasteiger partial charge is 0.480 e. The molecule has 3 N–H and O–H groups in total. The van der Waals surface area contributed by atoms with Crippen LogP contribution in [0, 0.1) is 5.92 Å². The molecular formula is C21H39NO12. The zero-order valence-corrected chi connectivity index (χ0v) is 20.3. The fourth-order valence-electron chi connectivity index (χ4n) is 3.64. The summed E-state index contributed by atoms with van der Waals surface area (Å²) in [5.41, 5.74) is 0. The molecule has 6 atom stereocenters. The Balaban J connectivity index is 2.59. The molecule has 1 aliphatic heterocycles. The van der Waals surface area contributed by atoms with Crippen molar-refractivity contribution < 1.29 is 58.1 Å². The Labute approximate surface area is 199 Å². The molecule has 1 aliphatic rings. The maximum atomic E-state index is 10.9. The maximum Gasteiger partial charge on any atom is 0.317 e. The molecule has 1 fully saturated rings. The van der Waals surface area contributed by atoms with E-state index in [0.29, 0.717) is 26.4 Å². The monoisotopic (exact) mass is 497 g/mol. The highest BCUT2D eigenvalue weighted by Crippen LogP contribution is 2.30. The summed E-state index contributed by atoms with van der Waals surface area (Å²) in [5.74, 6) is -2.53. The number of aliphatic hydroxyl groups is 1. The first-order valence-electron chi connectivity index (χ1n) is 11.0. The average molecular weight is 498 g/mol. The van der Waals surface area contributed by atoms with Crippen LogP contribution in [0.15, 0.2) is 0 Å². The Kier molecular flexibility index (Phi) is 15.4. The van der Waals surface area contributed by atoms with Gasteiger partial charge in [-0.15, -0.1) is 0 Å². The lowest BCUT2D eigenvalue weighted by Gasteiger charge is -2.44. The third-order valence-corrected chi connectivity index (χ3v) is 5.26. The molecular weight excluding hydrogens is 458 g/mol. The zero-order chi connectivity index (χ0) is 25.5. The van der Waals surface area contributed by atoms with Gasteiger partial charge in [-0.25, -0.2) is 0 Å². The molecule has 0 amide bonds. The average Bonchev–Trinajstić information content (AvgIpc) is 2.76. The Bertz CT molecular complexity index is 564. The van der Waals surface area contributed by atoms with Gasteiger partial charge in [0, 0.05) is 33.8 Å². The Morgan fingerprint density at radius 3 is 2.15 bits per heavy atom. The molecule has 1 heterocycles. The molecule has 0 radical (unpaired) electrons. The minimum atomic E-state index is -1.19. The molecule has 0 aromatic carbocycles. The van der Waals surface area contributed by atoms with Gasteiger partial charge >= 0.3 is 11.9 Å². The summed E-state index contributed by atoms with van der Waals surface area (Å²) in [4.78, 5) is 22.9. The van der Waals surface area contributed by atoms with E-state index in [-0.39, 0.29) is 31.8 Å². The van der Waals surface area contributed by atoms with E-state index in [1.165, 1.54) is 7.11 Å². The lowest BCUT2D eigenvalue weighted by atomic mass is 9.90. The first-order chi connectivity index (χ1) is 16.2. The van der Waals surface area contributed by atoms with Crippen molar-refractivity contribution in [3.05, 3.63) is 0 Å². The highest BCUT2D eigenvalue weighted by Gasteiger charge is 2.45. The second kappa shape index (κ2) is 17.1. The van der Waals surface area contributed by atoms with Crippen molar-refractivity contribution in [3.8, 4) is 0 Å². The van der Waals surface area contributed by atoms with E-state index in [0.717, 1.165) is 4.90 Å². The summed E-state index contributed by atoms with van der Waals surface area (Å²) < 4.78 is 38.9. The third kappa shape index (κ3) is 11.3. The second-order valence-electron chi connectivity index (χ2n) is 7.93. The first kappa shape index (κ1) is 30.6. The van der Waals surface area contributed by atoms with Gasteiger partial charge in [-0.05, 0) is 0 Å².